The number of anilines is 2. The number of urea groups is 1. The number of nitrogens with one attached hydrogen (secondary N) is 2. The van der Waals surface area contributed by atoms with Crippen LogP contribution in [0.15, 0.2) is 24.3 Å². The molecule has 4 heteroatoms. The van der Waals surface area contributed by atoms with Crippen LogP contribution in [0.5, 0.6) is 0 Å². The zero-order valence-electron chi connectivity index (χ0n) is 12.9. The molecule has 0 bridgehead atoms. The molecule has 1 saturated carbocycles. The van der Waals surface area contributed by atoms with Crippen molar-refractivity contribution in [3.63, 3.8) is 0 Å². The molecule has 2 amide bonds. The van der Waals surface area contributed by atoms with Crippen LogP contribution in [-0.4, -0.2) is 25.2 Å². The number of carbonyl (C=O) groups is 1. The van der Waals surface area contributed by atoms with Crippen LogP contribution in [0.3, 0.4) is 0 Å². The van der Waals surface area contributed by atoms with E-state index >= 15 is 0 Å². The summed E-state index contributed by atoms with van der Waals surface area (Å²) in [7, 11) is 0. The fourth-order valence-corrected chi connectivity index (χ4v) is 3.58. The molecule has 1 saturated heterocycles. The second-order valence-corrected chi connectivity index (χ2v) is 6.58. The summed E-state index contributed by atoms with van der Waals surface area (Å²) >= 11 is 0. The van der Waals surface area contributed by atoms with E-state index in [1.54, 1.807) is 4.90 Å². The van der Waals surface area contributed by atoms with Gasteiger partial charge in [-0.05, 0) is 49.3 Å². The molecule has 2 aliphatic rings. The molecule has 1 aromatic rings. The molecule has 4 nitrogen and oxygen atoms in total. The normalized spacial score (nSPS) is 29.3. The molecule has 1 aromatic carbocycles. The van der Waals surface area contributed by atoms with Crippen molar-refractivity contribution in [2.24, 2.45) is 11.8 Å². The van der Waals surface area contributed by atoms with Crippen molar-refractivity contribution in [1.82, 2.24) is 5.32 Å². The Morgan fingerprint density at radius 3 is 2.86 bits per heavy atom. The van der Waals surface area contributed by atoms with E-state index in [2.05, 4.69) is 36.6 Å². The van der Waals surface area contributed by atoms with Crippen molar-refractivity contribution in [2.75, 3.05) is 23.3 Å². The van der Waals surface area contributed by atoms with E-state index in [0.29, 0.717) is 12.0 Å². The lowest BCUT2D eigenvalue weighted by Gasteiger charge is -2.34. The Balaban J connectivity index is 1.70. The van der Waals surface area contributed by atoms with Crippen LogP contribution in [0.1, 0.15) is 33.1 Å². The summed E-state index contributed by atoms with van der Waals surface area (Å²) in [5.74, 6) is 1.55. The molecule has 3 atom stereocenters. The highest BCUT2D eigenvalue weighted by Gasteiger charge is 2.26. The van der Waals surface area contributed by atoms with Crippen molar-refractivity contribution >= 4 is 17.4 Å². The standard InChI is InChI=1S/C17H25N3O/c1-12-6-7-16(13(2)10-12)19-14-4-3-5-15(11-14)20-9-8-18-17(20)21/h3-5,11-13,16,19H,6-10H2,1-2H3,(H,18,21). The van der Waals surface area contributed by atoms with Crippen molar-refractivity contribution < 1.29 is 4.79 Å². The molecule has 114 valence electrons. The predicted molar refractivity (Wildman–Crippen MR) is 86.8 cm³/mol. The predicted octanol–water partition coefficient (Wildman–Crippen LogP) is 3.45. The molecule has 2 N–H and O–H groups in total. The molecule has 0 aromatic heterocycles. The van der Waals surface area contributed by atoms with Crippen LogP contribution in [0.4, 0.5) is 16.2 Å². The molecule has 0 spiro atoms. The minimum Gasteiger partial charge on any atom is -0.382 e. The average Bonchev–Trinajstić information content (AvgIpc) is 2.89. The SMILES string of the molecule is CC1CCC(Nc2cccc(N3CCNC3=O)c2)C(C)C1. The number of benzene rings is 1. The summed E-state index contributed by atoms with van der Waals surface area (Å²) in [5.41, 5.74) is 2.10. The lowest BCUT2D eigenvalue weighted by molar-refractivity contribution is 0.252. The Morgan fingerprint density at radius 1 is 1.29 bits per heavy atom. The molecule has 1 heterocycles. The van der Waals surface area contributed by atoms with Crippen molar-refractivity contribution in [3.05, 3.63) is 24.3 Å². The number of nitrogens with zero attached hydrogens (tertiary/aromatic N) is 1. The topological polar surface area (TPSA) is 44.4 Å². The summed E-state index contributed by atoms with van der Waals surface area (Å²) in [4.78, 5) is 13.6. The quantitative estimate of drug-likeness (QED) is 0.894. The first-order valence-corrected chi connectivity index (χ1v) is 8.05. The zero-order valence-corrected chi connectivity index (χ0v) is 12.9. The van der Waals surface area contributed by atoms with E-state index in [9.17, 15) is 4.79 Å². The van der Waals surface area contributed by atoms with Gasteiger partial charge in [-0.15, -0.1) is 0 Å². The summed E-state index contributed by atoms with van der Waals surface area (Å²) in [6.07, 6.45) is 3.83. The monoisotopic (exact) mass is 287 g/mol. The zero-order chi connectivity index (χ0) is 14.8. The van der Waals surface area contributed by atoms with Gasteiger partial charge in [0.2, 0.25) is 0 Å². The number of carbonyl (C=O) groups excluding carboxylic acids is 1. The maximum Gasteiger partial charge on any atom is 0.321 e. The van der Waals surface area contributed by atoms with Gasteiger partial charge in [0.25, 0.3) is 0 Å². The third-order valence-corrected chi connectivity index (χ3v) is 4.80. The fourth-order valence-electron chi connectivity index (χ4n) is 3.58. The third kappa shape index (κ3) is 3.14. The Labute approximate surface area is 126 Å². The van der Waals surface area contributed by atoms with Gasteiger partial charge in [0.15, 0.2) is 0 Å². The van der Waals surface area contributed by atoms with Gasteiger partial charge in [0, 0.05) is 30.5 Å². The van der Waals surface area contributed by atoms with Crippen LogP contribution in [0.25, 0.3) is 0 Å². The Morgan fingerprint density at radius 2 is 2.14 bits per heavy atom. The smallest absolute Gasteiger partial charge is 0.321 e. The van der Waals surface area contributed by atoms with E-state index in [0.717, 1.165) is 30.4 Å². The van der Waals surface area contributed by atoms with Crippen LogP contribution in [0, 0.1) is 11.8 Å². The first kappa shape index (κ1) is 14.2. The van der Waals surface area contributed by atoms with Crippen LogP contribution >= 0.6 is 0 Å². The lowest BCUT2D eigenvalue weighted by Crippen LogP contribution is -2.33. The van der Waals surface area contributed by atoms with E-state index in [-0.39, 0.29) is 6.03 Å². The fraction of sp³-hybridized carbons (Fsp3) is 0.588. The highest BCUT2D eigenvalue weighted by Crippen LogP contribution is 2.31. The van der Waals surface area contributed by atoms with E-state index < -0.39 is 0 Å². The van der Waals surface area contributed by atoms with Gasteiger partial charge in [-0.1, -0.05) is 19.9 Å². The third-order valence-electron chi connectivity index (χ3n) is 4.80. The maximum absolute atomic E-state index is 11.8. The Bertz CT molecular complexity index is 517. The van der Waals surface area contributed by atoms with Crippen molar-refractivity contribution in [2.45, 2.75) is 39.2 Å². The van der Waals surface area contributed by atoms with Gasteiger partial charge in [0.05, 0.1) is 0 Å². The number of rotatable bonds is 3. The van der Waals surface area contributed by atoms with Crippen molar-refractivity contribution in [3.8, 4) is 0 Å². The average molecular weight is 287 g/mol. The largest absolute Gasteiger partial charge is 0.382 e. The molecular formula is C17H25N3O. The first-order chi connectivity index (χ1) is 10.1. The van der Waals surface area contributed by atoms with E-state index in [1.807, 2.05) is 12.1 Å². The van der Waals surface area contributed by atoms with Crippen LogP contribution in [0.2, 0.25) is 0 Å². The minimum atomic E-state index is 0.00649. The van der Waals surface area contributed by atoms with E-state index in [4.69, 9.17) is 0 Å². The van der Waals surface area contributed by atoms with Gasteiger partial charge < -0.3 is 10.6 Å². The number of hydrogen-bond acceptors (Lipinski definition) is 2. The maximum atomic E-state index is 11.8. The van der Waals surface area contributed by atoms with Crippen LogP contribution < -0.4 is 15.5 Å². The molecular weight excluding hydrogens is 262 g/mol. The molecule has 1 aliphatic carbocycles. The first-order valence-electron chi connectivity index (χ1n) is 8.05. The van der Waals surface area contributed by atoms with Gasteiger partial charge in [-0.25, -0.2) is 4.79 Å². The molecule has 3 unspecified atom stereocenters. The highest BCUT2D eigenvalue weighted by atomic mass is 16.2. The van der Waals surface area contributed by atoms with Crippen LogP contribution in [-0.2, 0) is 0 Å². The number of hydrogen-bond donors (Lipinski definition) is 2. The lowest BCUT2D eigenvalue weighted by atomic mass is 9.80. The van der Waals surface area contributed by atoms with Gasteiger partial charge >= 0.3 is 6.03 Å². The number of amides is 2. The molecule has 2 fully saturated rings. The van der Waals surface area contributed by atoms with Gasteiger partial charge in [0.1, 0.15) is 0 Å². The summed E-state index contributed by atoms with van der Waals surface area (Å²) < 4.78 is 0. The summed E-state index contributed by atoms with van der Waals surface area (Å²) in [5, 5.41) is 6.52. The Kier molecular flexibility index (Phi) is 4.04. The minimum absolute atomic E-state index is 0.00649. The Hall–Kier alpha value is -1.71. The summed E-state index contributed by atoms with van der Waals surface area (Å²) in [6, 6.07) is 8.77. The van der Waals surface area contributed by atoms with Crippen molar-refractivity contribution in [1.29, 1.82) is 0 Å². The molecule has 3 rings (SSSR count). The molecule has 1 aliphatic heterocycles. The van der Waals surface area contributed by atoms with Gasteiger partial charge in [-0.2, -0.15) is 0 Å². The molecule has 21 heavy (non-hydrogen) atoms. The van der Waals surface area contributed by atoms with E-state index in [1.165, 1.54) is 19.3 Å². The second-order valence-electron chi connectivity index (χ2n) is 6.58. The second kappa shape index (κ2) is 5.96. The van der Waals surface area contributed by atoms with Gasteiger partial charge in [-0.3, -0.25) is 4.90 Å². The summed E-state index contributed by atoms with van der Waals surface area (Å²) in [6.45, 7) is 6.16. The highest BCUT2D eigenvalue weighted by molar-refractivity contribution is 5.94. The molecule has 0 radical (unpaired) electrons.